The zero-order valence-corrected chi connectivity index (χ0v) is 9.55. The predicted molar refractivity (Wildman–Crippen MR) is 59.0 cm³/mol. The maximum atomic E-state index is 5.34. The van der Waals surface area contributed by atoms with E-state index in [1.54, 1.807) is 0 Å². The SMILES string of the molecule is C.C1=Cc2ccccc2OC1.[Mn].[Mo].[SiH4]. The maximum absolute atomic E-state index is 5.34. The second-order valence-electron chi connectivity index (χ2n) is 2.25. The van der Waals surface area contributed by atoms with Crippen molar-refractivity contribution in [3.8, 4) is 5.75 Å². The summed E-state index contributed by atoms with van der Waals surface area (Å²) in [7, 11) is 0. The summed E-state index contributed by atoms with van der Waals surface area (Å²) in [6, 6.07) is 8.03. The van der Waals surface area contributed by atoms with E-state index in [0.717, 1.165) is 5.75 Å². The summed E-state index contributed by atoms with van der Waals surface area (Å²) in [6.45, 7) is 0.705. The smallest absolute Gasteiger partial charge is 0.126 e. The standard InChI is InChI=1S/C9H8O.CH4.Mn.Mo.H4Si/c1-2-6-9-8(4-1)5-3-7-10-9;;;;/h1-6H,7H2;1H4;;;1H4. The molecule has 0 unspecified atom stereocenters. The van der Waals surface area contributed by atoms with E-state index in [1.165, 1.54) is 5.56 Å². The molecular weight excluding hydrogens is 315 g/mol. The fourth-order valence-electron chi connectivity index (χ4n) is 1.06. The van der Waals surface area contributed by atoms with Crippen LogP contribution in [0.5, 0.6) is 5.75 Å². The zero-order chi connectivity index (χ0) is 6.81. The van der Waals surface area contributed by atoms with Gasteiger partial charge >= 0.3 is 0 Å². The topological polar surface area (TPSA) is 9.23 Å². The summed E-state index contributed by atoms with van der Waals surface area (Å²) in [4.78, 5) is 0. The molecule has 0 aliphatic carbocycles. The van der Waals surface area contributed by atoms with Crippen molar-refractivity contribution < 1.29 is 42.9 Å². The summed E-state index contributed by atoms with van der Waals surface area (Å²) in [6.07, 6.45) is 4.10. The molecule has 1 heterocycles. The fraction of sp³-hybridized carbons (Fsp3) is 0.200. The molecule has 1 aromatic rings. The maximum Gasteiger partial charge on any atom is 0.126 e. The number of para-hydroxylation sites is 1. The van der Waals surface area contributed by atoms with Crippen LogP contribution >= 0.6 is 0 Å². The Kier molecular flexibility index (Phi) is 13.7. The Hall–Kier alpha value is 0.185. The Morgan fingerprint density at radius 1 is 1.14 bits per heavy atom. The van der Waals surface area contributed by atoms with Gasteiger partial charge in [0.2, 0.25) is 0 Å². The molecule has 1 radical (unpaired) electrons. The Morgan fingerprint density at radius 2 is 1.79 bits per heavy atom. The predicted octanol–water partition coefficient (Wildman–Crippen LogP) is 1.27. The van der Waals surface area contributed by atoms with Gasteiger partial charge in [0, 0.05) is 43.7 Å². The van der Waals surface area contributed by atoms with Crippen LogP contribution < -0.4 is 4.74 Å². The average molecular weight is 331 g/mol. The molecule has 4 heteroatoms. The third-order valence-electron chi connectivity index (χ3n) is 1.55. The van der Waals surface area contributed by atoms with Crippen LogP contribution in [0.15, 0.2) is 30.3 Å². The molecule has 0 spiro atoms. The largest absolute Gasteiger partial charge is 0.489 e. The second kappa shape index (κ2) is 9.73. The number of rotatable bonds is 0. The number of ether oxygens (including phenoxy) is 1. The van der Waals surface area contributed by atoms with E-state index in [0.29, 0.717) is 6.61 Å². The first-order valence-corrected chi connectivity index (χ1v) is 3.35. The van der Waals surface area contributed by atoms with Crippen molar-refractivity contribution in [2.45, 2.75) is 7.43 Å². The average Bonchev–Trinajstić information content (AvgIpc) is 2.05. The molecule has 1 aliphatic rings. The van der Waals surface area contributed by atoms with Gasteiger partial charge in [-0.15, -0.1) is 0 Å². The molecule has 2 rings (SSSR count). The first kappa shape index (κ1) is 19.7. The number of hydrogen-bond donors (Lipinski definition) is 0. The zero-order valence-electron chi connectivity index (χ0n) is 6.37. The number of hydrogen-bond acceptors (Lipinski definition) is 1. The van der Waals surface area contributed by atoms with Crippen LogP contribution in [0.3, 0.4) is 0 Å². The van der Waals surface area contributed by atoms with Gasteiger partial charge in [-0.05, 0) is 23.1 Å². The van der Waals surface area contributed by atoms with Crippen molar-refractivity contribution in [2.24, 2.45) is 0 Å². The van der Waals surface area contributed by atoms with Crippen LogP contribution in [0.4, 0.5) is 0 Å². The first-order chi connectivity index (χ1) is 4.97. The molecular formula is C10H16MnMoOSi. The van der Waals surface area contributed by atoms with Gasteiger partial charge in [0.25, 0.3) is 0 Å². The third-order valence-corrected chi connectivity index (χ3v) is 1.55. The van der Waals surface area contributed by atoms with E-state index in [4.69, 9.17) is 4.74 Å². The van der Waals surface area contributed by atoms with Crippen molar-refractivity contribution in [1.29, 1.82) is 0 Å². The molecule has 1 aromatic carbocycles. The van der Waals surface area contributed by atoms with Crippen molar-refractivity contribution >= 4 is 17.0 Å². The Bertz CT molecular complexity index is 279. The molecule has 14 heavy (non-hydrogen) atoms. The first-order valence-electron chi connectivity index (χ1n) is 3.35. The van der Waals surface area contributed by atoms with Gasteiger partial charge in [0.05, 0.1) is 0 Å². The van der Waals surface area contributed by atoms with Crippen LogP contribution in [0.1, 0.15) is 13.0 Å². The van der Waals surface area contributed by atoms with E-state index >= 15 is 0 Å². The monoisotopic (exact) mass is 333 g/mol. The van der Waals surface area contributed by atoms with E-state index < -0.39 is 0 Å². The van der Waals surface area contributed by atoms with Crippen molar-refractivity contribution in [3.05, 3.63) is 35.9 Å². The molecule has 79 valence electrons. The number of benzene rings is 1. The van der Waals surface area contributed by atoms with Crippen LogP contribution in [-0.2, 0) is 38.1 Å². The molecule has 0 aromatic heterocycles. The van der Waals surface area contributed by atoms with E-state index in [-0.39, 0.29) is 56.5 Å². The van der Waals surface area contributed by atoms with E-state index in [2.05, 4.69) is 6.08 Å². The summed E-state index contributed by atoms with van der Waals surface area (Å²) in [5.41, 5.74) is 1.17. The summed E-state index contributed by atoms with van der Waals surface area (Å²) in [5.74, 6) is 0.991. The van der Waals surface area contributed by atoms with Gasteiger partial charge < -0.3 is 4.74 Å². The minimum Gasteiger partial charge on any atom is -0.489 e. The van der Waals surface area contributed by atoms with Crippen LogP contribution in [-0.4, -0.2) is 17.6 Å². The molecule has 0 N–H and O–H groups in total. The van der Waals surface area contributed by atoms with Gasteiger partial charge in [-0.2, -0.15) is 0 Å². The molecule has 0 saturated carbocycles. The third kappa shape index (κ3) is 4.61. The minimum absolute atomic E-state index is 0. The van der Waals surface area contributed by atoms with E-state index in [1.807, 2.05) is 30.3 Å². The van der Waals surface area contributed by atoms with Gasteiger partial charge in [-0.3, -0.25) is 0 Å². The van der Waals surface area contributed by atoms with Crippen LogP contribution in [0.25, 0.3) is 6.08 Å². The molecule has 0 fully saturated rings. The van der Waals surface area contributed by atoms with Crippen molar-refractivity contribution in [3.63, 3.8) is 0 Å². The number of fused-ring (bicyclic) bond motifs is 1. The molecule has 0 bridgehead atoms. The van der Waals surface area contributed by atoms with Gasteiger partial charge in [-0.1, -0.05) is 31.7 Å². The second-order valence-corrected chi connectivity index (χ2v) is 2.25. The summed E-state index contributed by atoms with van der Waals surface area (Å²) < 4.78 is 5.34. The van der Waals surface area contributed by atoms with Crippen LogP contribution in [0, 0.1) is 0 Å². The molecule has 1 aliphatic heterocycles. The normalized spacial score (nSPS) is 10.0. The van der Waals surface area contributed by atoms with E-state index in [9.17, 15) is 0 Å². The minimum atomic E-state index is 0. The van der Waals surface area contributed by atoms with Crippen molar-refractivity contribution in [2.75, 3.05) is 6.61 Å². The molecule has 0 saturated heterocycles. The Morgan fingerprint density at radius 3 is 2.43 bits per heavy atom. The quantitative estimate of drug-likeness (QED) is 0.651. The fourth-order valence-corrected chi connectivity index (χ4v) is 1.06. The van der Waals surface area contributed by atoms with Gasteiger partial charge in [-0.25, -0.2) is 0 Å². The Balaban J connectivity index is -0.000000302. The molecule has 0 amide bonds. The van der Waals surface area contributed by atoms with Crippen molar-refractivity contribution in [1.82, 2.24) is 0 Å². The van der Waals surface area contributed by atoms with Gasteiger partial charge in [0.1, 0.15) is 12.4 Å². The molecule has 1 nitrogen and oxygen atoms in total. The van der Waals surface area contributed by atoms with Gasteiger partial charge in [0.15, 0.2) is 0 Å². The summed E-state index contributed by atoms with van der Waals surface area (Å²) in [5, 5.41) is 0. The van der Waals surface area contributed by atoms with Crippen LogP contribution in [0.2, 0.25) is 0 Å². The summed E-state index contributed by atoms with van der Waals surface area (Å²) >= 11 is 0. The molecule has 0 atom stereocenters. The Labute approximate surface area is 115 Å².